The number of hydrogen-bond acceptors (Lipinski definition) is 2. The van der Waals surface area contributed by atoms with E-state index in [-0.39, 0.29) is 11.9 Å². The van der Waals surface area contributed by atoms with E-state index in [0.29, 0.717) is 17.2 Å². The Morgan fingerprint density at radius 2 is 2.27 bits per heavy atom. The maximum atomic E-state index is 10.9. The van der Waals surface area contributed by atoms with Gasteiger partial charge in [0.2, 0.25) is 0 Å². The van der Waals surface area contributed by atoms with Crippen molar-refractivity contribution in [2.24, 2.45) is 0 Å². The number of carbonyl (C=O) groups is 1. The summed E-state index contributed by atoms with van der Waals surface area (Å²) in [6.45, 7) is 3.42. The van der Waals surface area contributed by atoms with Gasteiger partial charge in [-0.1, -0.05) is 11.6 Å². The van der Waals surface area contributed by atoms with Crippen molar-refractivity contribution in [2.75, 3.05) is 0 Å². The normalized spacial score (nSPS) is 12.3. The van der Waals surface area contributed by atoms with Crippen LogP contribution < -0.4 is 4.74 Å². The molecule has 1 aromatic rings. The van der Waals surface area contributed by atoms with Gasteiger partial charge in [0, 0.05) is 11.4 Å². The Morgan fingerprint density at radius 3 is 2.80 bits per heavy atom. The van der Waals surface area contributed by atoms with Gasteiger partial charge in [-0.25, -0.2) is 0 Å². The number of carbonyl (C=O) groups excluding carboxylic acids is 1. The van der Waals surface area contributed by atoms with Crippen LogP contribution in [0, 0.1) is 0 Å². The zero-order valence-electron chi connectivity index (χ0n) is 8.59. The fraction of sp³-hybridized carbons (Fsp3) is 0.364. The third-order valence-corrected chi connectivity index (χ3v) is 2.65. The van der Waals surface area contributed by atoms with Gasteiger partial charge in [-0.05, 0) is 48.0 Å². The Hall–Kier alpha value is -0.540. The molecule has 0 bridgehead atoms. The highest BCUT2D eigenvalue weighted by atomic mass is 79.9. The summed E-state index contributed by atoms with van der Waals surface area (Å²) in [5.74, 6) is 0.820. The number of benzene rings is 1. The van der Waals surface area contributed by atoms with E-state index in [1.165, 1.54) is 0 Å². The topological polar surface area (TPSA) is 26.3 Å². The number of halogens is 2. The van der Waals surface area contributed by atoms with Crippen LogP contribution >= 0.6 is 27.5 Å². The van der Waals surface area contributed by atoms with Crippen molar-refractivity contribution in [3.05, 3.63) is 27.7 Å². The third kappa shape index (κ3) is 4.22. The number of rotatable bonds is 4. The molecule has 0 radical (unpaired) electrons. The summed E-state index contributed by atoms with van der Waals surface area (Å²) >= 11 is 9.15. The molecule has 0 saturated heterocycles. The summed E-state index contributed by atoms with van der Waals surface area (Å²) in [7, 11) is 0. The molecule has 1 atom stereocenters. The van der Waals surface area contributed by atoms with Gasteiger partial charge in [-0.2, -0.15) is 0 Å². The average Bonchev–Trinajstić information content (AvgIpc) is 2.08. The molecule has 0 amide bonds. The Bertz CT molecular complexity index is 366. The van der Waals surface area contributed by atoms with E-state index in [1.807, 2.05) is 6.92 Å². The van der Waals surface area contributed by atoms with E-state index in [9.17, 15) is 4.79 Å². The smallest absolute Gasteiger partial charge is 0.134 e. The molecule has 0 aliphatic heterocycles. The lowest BCUT2D eigenvalue weighted by atomic mass is 10.2. The van der Waals surface area contributed by atoms with E-state index < -0.39 is 0 Å². The minimum Gasteiger partial charge on any atom is -0.489 e. The highest BCUT2D eigenvalue weighted by molar-refractivity contribution is 9.10. The Balaban J connectivity index is 2.68. The van der Waals surface area contributed by atoms with Crippen molar-refractivity contribution in [1.82, 2.24) is 0 Å². The quantitative estimate of drug-likeness (QED) is 0.842. The molecule has 0 fully saturated rings. The zero-order valence-corrected chi connectivity index (χ0v) is 10.9. The third-order valence-electron chi connectivity index (χ3n) is 1.80. The van der Waals surface area contributed by atoms with Crippen LogP contribution in [-0.4, -0.2) is 11.9 Å². The minimum atomic E-state index is -0.125. The van der Waals surface area contributed by atoms with Gasteiger partial charge in [-0.15, -0.1) is 0 Å². The molecule has 82 valence electrons. The Morgan fingerprint density at radius 1 is 1.60 bits per heavy atom. The summed E-state index contributed by atoms with van der Waals surface area (Å²) in [4.78, 5) is 10.9. The van der Waals surface area contributed by atoms with Crippen molar-refractivity contribution in [3.63, 3.8) is 0 Å². The molecule has 0 N–H and O–H groups in total. The number of hydrogen-bond donors (Lipinski definition) is 0. The number of ether oxygens (including phenoxy) is 1. The van der Waals surface area contributed by atoms with Crippen LogP contribution in [0.4, 0.5) is 0 Å². The van der Waals surface area contributed by atoms with Gasteiger partial charge in [0.15, 0.2) is 0 Å². The standard InChI is InChI=1S/C11H12BrClO2/c1-7(14)5-8(2)15-11-4-3-9(13)6-10(11)12/h3-4,6,8H,5H2,1-2H3. The van der Waals surface area contributed by atoms with Gasteiger partial charge in [0.1, 0.15) is 17.6 Å². The SMILES string of the molecule is CC(=O)CC(C)Oc1ccc(Cl)cc1Br. The summed E-state index contributed by atoms with van der Waals surface area (Å²) in [5.41, 5.74) is 0. The number of ketones is 1. The number of Topliss-reactive ketones (excluding diaryl/α,β-unsaturated/α-hetero) is 1. The van der Waals surface area contributed by atoms with E-state index in [0.717, 1.165) is 4.47 Å². The van der Waals surface area contributed by atoms with Gasteiger partial charge < -0.3 is 4.74 Å². The van der Waals surface area contributed by atoms with Crippen LogP contribution in [0.1, 0.15) is 20.3 Å². The van der Waals surface area contributed by atoms with Crippen molar-refractivity contribution in [2.45, 2.75) is 26.4 Å². The second-order valence-electron chi connectivity index (χ2n) is 3.41. The minimum absolute atomic E-state index is 0.118. The second kappa shape index (κ2) is 5.52. The maximum absolute atomic E-state index is 10.9. The molecule has 2 nitrogen and oxygen atoms in total. The maximum Gasteiger partial charge on any atom is 0.134 e. The predicted octanol–water partition coefficient (Wildman–Crippen LogP) is 3.85. The van der Waals surface area contributed by atoms with Crippen LogP contribution in [-0.2, 0) is 4.79 Å². The Labute approximate surface area is 103 Å². The molecule has 0 aromatic heterocycles. The summed E-state index contributed by atoms with van der Waals surface area (Å²) < 4.78 is 6.38. The van der Waals surface area contributed by atoms with E-state index in [2.05, 4.69) is 15.9 Å². The van der Waals surface area contributed by atoms with Crippen LogP contribution in [0.15, 0.2) is 22.7 Å². The van der Waals surface area contributed by atoms with Crippen LogP contribution in [0.2, 0.25) is 5.02 Å². The average molecular weight is 292 g/mol. The van der Waals surface area contributed by atoms with Crippen molar-refractivity contribution in [3.8, 4) is 5.75 Å². The second-order valence-corrected chi connectivity index (χ2v) is 4.70. The molecule has 0 heterocycles. The van der Waals surface area contributed by atoms with Gasteiger partial charge in [0.05, 0.1) is 4.47 Å². The molecule has 0 aliphatic carbocycles. The van der Waals surface area contributed by atoms with Gasteiger partial charge >= 0.3 is 0 Å². The van der Waals surface area contributed by atoms with Crippen molar-refractivity contribution < 1.29 is 9.53 Å². The first-order valence-corrected chi connectivity index (χ1v) is 5.77. The molecule has 0 aliphatic rings. The lowest BCUT2D eigenvalue weighted by Crippen LogP contribution is -2.15. The highest BCUT2D eigenvalue weighted by Crippen LogP contribution is 2.29. The fourth-order valence-electron chi connectivity index (χ4n) is 1.23. The van der Waals surface area contributed by atoms with Gasteiger partial charge in [0.25, 0.3) is 0 Å². The van der Waals surface area contributed by atoms with E-state index in [4.69, 9.17) is 16.3 Å². The summed E-state index contributed by atoms with van der Waals surface area (Å²) in [5, 5.41) is 0.647. The Kier molecular flexibility index (Phi) is 4.61. The first kappa shape index (κ1) is 12.5. The molecule has 1 unspecified atom stereocenters. The molecule has 4 heteroatoms. The predicted molar refractivity (Wildman–Crippen MR) is 64.5 cm³/mol. The van der Waals surface area contributed by atoms with E-state index >= 15 is 0 Å². The molecule has 15 heavy (non-hydrogen) atoms. The van der Waals surface area contributed by atoms with Gasteiger partial charge in [-0.3, -0.25) is 4.79 Å². The van der Waals surface area contributed by atoms with E-state index in [1.54, 1.807) is 25.1 Å². The van der Waals surface area contributed by atoms with Crippen molar-refractivity contribution >= 4 is 33.3 Å². The summed E-state index contributed by atoms with van der Waals surface area (Å²) in [6, 6.07) is 5.29. The summed E-state index contributed by atoms with van der Waals surface area (Å²) in [6.07, 6.45) is 0.287. The molecule has 1 aromatic carbocycles. The molecule has 0 spiro atoms. The van der Waals surface area contributed by atoms with Crippen LogP contribution in [0.3, 0.4) is 0 Å². The lowest BCUT2D eigenvalue weighted by Gasteiger charge is -2.14. The molecular weight excluding hydrogens is 279 g/mol. The fourth-order valence-corrected chi connectivity index (χ4v) is 2.01. The first-order chi connectivity index (χ1) is 6.99. The lowest BCUT2D eigenvalue weighted by molar-refractivity contribution is -0.118. The molecule has 0 saturated carbocycles. The van der Waals surface area contributed by atoms with Crippen LogP contribution in [0.25, 0.3) is 0 Å². The van der Waals surface area contributed by atoms with Crippen LogP contribution in [0.5, 0.6) is 5.75 Å². The monoisotopic (exact) mass is 290 g/mol. The molecule has 1 rings (SSSR count). The zero-order chi connectivity index (χ0) is 11.4. The molecular formula is C11H12BrClO2. The first-order valence-electron chi connectivity index (χ1n) is 4.60. The largest absolute Gasteiger partial charge is 0.489 e. The van der Waals surface area contributed by atoms with Crippen molar-refractivity contribution in [1.29, 1.82) is 0 Å². The highest BCUT2D eigenvalue weighted by Gasteiger charge is 2.09.